The molecule has 2 heterocycles. The number of halogens is 1. The van der Waals surface area contributed by atoms with Crippen LogP contribution in [0.3, 0.4) is 0 Å². The monoisotopic (exact) mass is 422 g/mol. The zero-order chi connectivity index (χ0) is 21.8. The number of aryl methyl sites for hydroxylation is 1. The first-order chi connectivity index (χ1) is 15.0. The van der Waals surface area contributed by atoms with E-state index < -0.39 is 5.82 Å². The van der Waals surface area contributed by atoms with Gasteiger partial charge in [0.15, 0.2) is 5.78 Å². The van der Waals surface area contributed by atoms with Crippen LogP contribution < -0.4 is 10.2 Å². The van der Waals surface area contributed by atoms with Gasteiger partial charge in [0, 0.05) is 56.5 Å². The number of benzene rings is 2. The van der Waals surface area contributed by atoms with E-state index in [0.717, 1.165) is 13.0 Å². The normalized spacial score (nSPS) is 14.1. The second-order valence-electron chi connectivity index (χ2n) is 7.85. The molecule has 4 rings (SSSR count). The summed E-state index contributed by atoms with van der Waals surface area (Å²) in [5.41, 5.74) is 2.05. The molecule has 2 aromatic carbocycles. The average Bonchev–Trinajstić information content (AvgIpc) is 3.20. The summed E-state index contributed by atoms with van der Waals surface area (Å²) in [5.74, 6) is -0.556. The standard InChI is InChI=1S/C24H27FN4O2/c1-18(30)20-7-8-23(21(25)17-20)28-13-15-29(16-14-28)24(31)26-10-4-11-27-12-9-19-5-2-3-6-22(19)27/h2-3,5-9,12,17H,4,10-11,13-16H2,1H3,(H,26,31). The molecule has 31 heavy (non-hydrogen) atoms. The van der Waals surface area contributed by atoms with Crippen molar-refractivity contribution in [1.82, 2.24) is 14.8 Å². The van der Waals surface area contributed by atoms with E-state index in [2.05, 4.69) is 34.3 Å². The van der Waals surface area contributed by atoms with Crippen molar-refractivity contribution in [2.45, 2.75) is 19.9 Å². The van der Waals surface area contributed by atoms with Gasteiger partial charge in [-0.15, -0.1) is 0 Å². The number of rotatable bonds is 6. The molecule has 162 valence electrons. The van der Waals surface area contributed by atoms with Crippen molar-refractivity contribution < 1.29 is 14.0 Å². The Morgan fingerprint density at radius 1 is 1.03 bits per heavy atom. The molecule has 7 heteroatoms. The van der Waals surface area contributed by atoms with Crippen LogP contribution in [0, 0.1) is 5.82 Å². The number of nitrogens with one attached hydrogen (secondary N) is 1. The van der Waals surface area contributed by atoms with Crippen LogP contribution in [0.5, 0.6) is 0 Å². The number of ketones is 1. The Balaban J connectivity index is 1.23. The highest BCUT2D eigenvalue weighted by Crippen LogP contribution is 2.22. The highest BCUT2D eigenvalue weighted by molar-refractivity contribution is 5.94. The number of aromatic nitrogens is 1. The number of Topliss-reactive ketones (excluding diaryl/α,β-unsaturated/α-hetero) is 1. The molecule has 0 atom stereocenters. The van der Waals surface area contributed by atoms with Crippen molar-refractivity contribution >= 4 is 28.4 Å². The van der Waals surface area contributed by atoms with Crippen molar-refractivity contribution in [1.29, 1.82) is 0 Å². The van der Waals surface area contributed by atoms with Gasteiger partial charge >= 0.3 is 6.03 Å². The molecule has 1 aliphatic rings. The van der Waals surface area contributed by atoms with E-state index in [0.29, 0.717) is 44.0 Å². The number of amides is 2. The number of fused-ring (bicyclic) bond motifs is 1. The van der Waals surface area contributed by atoms with Gasteiger partial charge in [-0.1, -0.05) is 18.2 Å². The summed E-state index contributed by atoms with van der Waals surface area (Å²) < 4.78 is 16.6. The highest BCUT2D eigenvalue weighted by atomic mass is 19.1. The third-order valence-electron chi connectivity index (χ3n) is 5.79. The van der Waals surface area contributed by atoms with Gasteiger partial charge in [0.25, 0.3) is 0 Å². The largest absolute Gasteiger partial charge is 0.366 e. The summed E-state index contributed by atoms with van der Waals surface area (Å²) in [4.78, 5) is 27.6. The molecular formula is C24H27FN4O2. The van der Waals surface area contributed by atoms with E-state index in [1.165, 1.54) is 23.9 Å². The fraction of sp³-hybridized carbons (Fsp3) is 0.333. The van der Waals surface area contributed by atoms with Gasteiger partial charge in [0.2, 0.25) is 0 Å². The van der Waals surface area contributed by atoms with Crippen LogP contribution in [0.15, 0.2) is 54.7 Å². The molecule has 1 fully saturated rings. The maximum absolute atomic E-state index is 14.4. The van der Waals surface area contributed by atoms with Crippen LogP contribution in [0.4, 0.5) is 14.9 Å². The molecule has 0 bridgehead atoms. The number of carbonyl (C=O) groups excluding carboxylic acids is 2. The van der Waals surface area contributed by atoms with E-state index in [1.807, 2.05) is 17.0 Å². The average molecular weight is 423 g/mol. The quantitative estimate of drug-likeness (QED) is 0.484. The predicted molar refractivity (Wildman–Crippen MR) is 120 cm³/mol. The van der Waals surface area contributed by atoms with Gasteiger partial charge in [-0.3, -0.25) is 4.79 Å². The minimum atomic E-state index is -0.400. The third kappa shape index (κ3) is 4.71. The van der Waals surface area contributed by atoms with Crippen molar-refractivity contribution in [2.75, 3.05) is 37.6 Å². The Morgan fingerprint density at radius 2 is 1.81 bits per heavy atom. The van der Waals surface area contributed by atoms with Crippen LogP contribution >= 0.6 is 0 Å². The molecule has 2 amide bonds. The molecule has 1 saturated heterocycles. The Bertz CT molecular complexity index is 1090. The van der Waals surface area contributed by atoms with Crippen LogP contribution in [0.2, 0.25) is 0 Å². The zero-order valence-corrected chi connectivity index (χ0v) is 17.7. The molecular weight excluding hydrogens is 395 g/mol. The van der Waals surface area contributed by atoms with Gasteiger partial charge < -0.3 is 19.7 Å². The van der Waals surface area contributed by atoms with Crippen LogP contribution in [0.1, 0.15) is 23.7 Å². The number of piperazine rings is 1. The summed E-state index contributed by atoms with van der Waals surface area (Å²) in [6.45, 7) is 5.04. The number of urea groups is 1. The van der Waals surface area contributed by atoms with Crippen molar-refractivity contribution in [3.05, 3.63) is 66.1 Å². The molecule has 1 aromatic heterocycles. The summed E-state index contributed by atoms with van der Waals surface area (Å²) in [6.07, 6.45) is 2.92. The topological polar surface area (TPSA) is 57.6 Å². The molecule has 0 spiro atoms. The third-order valence-corrected chi connectivity index (χ3v) is 5.79. The van der Waals surface area contributed by atoms with Crippen LogP contribution in [-0.2, 0) is 6.54 Å². The number of nitrogens with zero attached hydrogens (tertiary/aromatic N) is 3. The molecule has 0 radical (unpaired) electrons. The minimum absolute atomic E-state index is 0.0792. The van der Waals surface area contributed by atoms with E-state index >= 15 is 0 Å². The summed E-state index contributed by atoms with van der Waals surface area (Å²) in [6, 6.07) is 14.9. The molecule has 6 nitrogen and oxygen atoms in total. The molecule has 1 N–H and O–H groups in total. The number of para-hydroxylation sites is 1. The van der Waals surface area contributed by atoms with E-state index in [9.17, 15) is 14.0 Å². The fourth-order valence-electron chi connectivity index (χ4n) is 4.02. The maximum Gasteiger partial charge on any atom is 0.317 e. The smallest absolute Gasteiger partial charge is 0.317 e. The lowest BCUT2D eigenvalue weighted by Gasteiger charge is -2.36. The molecule has 1 aliphatic heterocycles. The lowest BCUT2D eigenvalue weighted by Crippen LogP contribution is -2.52. The van der Waals surface area contributed by atoms with Gasteiger partial charge in [0.05, 0.1) is 5.69 Å². The van der Waals surface area contributed by atoms with E-state index in [4.69, 9.17) is 0 Å². The van der Waals surface area contributed by atoms with Crippen LogP contribution in [0.25, 0.3) is 10.9 Å². The lowest BCUT2D eigenvalue weighted by molar-refractivity contribution is 0.101. The summed E-state index contributed by atoms with van der Waals surface area (Å²) >= 11 is 0. The summed E-state index contributed by atoms with van der Waals surface area (Å²) in [7, 11) is 0. The number of hydrogen-bond acceptors (Lipinski definition) is 3. The number of hydrogen-bond donors (Lipinski definition) is 1. The summed E-state index contributed by atoms with van der Waals surface area (Å²) in [5, 5.41) is 4.21. The van der Waals surface area contributed by atoms with Crippen LogP contribution in [-0.4, -0.2) is 54.0 Å². The Kier molecular flexibility index (Phi) is 6.21. The lowest BCUT2D eigenvalue weighted by atomic mass is 10.1. The van der Waals surface area contributed by atoms with Gasteiger partial charge in [-0.05, 0) is 49.1 Å². The van der Waals surface area contributed by atoms with Gasteiger partial charge in [-0.25, -0.2) is 9.18 Å². The molecule has 3 aromatic rings. The second-order valence-corrected chi connectivity index (χ2v) is 7.85. The van der Waals surface area contributed by atoms with Crippen molar-refractivity contribution in [2.24, 2.45) is 0 Å². The van der Waals surface area contributed by atoms with Gasteiger partial charge in [0.1, 0.15) is 5.82 Å². The molecule has 0 unspecified atom stereocenters. The zero-order valence-electron chi connectivity index (χ0n) is 17.7. The van der Waals surface area contributed by atoms with Crippen molar-refractivity contribution in [3.63, 3.8) is 0 Å². The van der Waals surface area contributed by atoms with E-state index in [1.54, 1.807) is 17.0 Å². The first-order valence-corrected chi connectivity index (χ1v) is 10.6. The number of carbonyl (C=O) groups is 2. The minimum Gasteiger partial charge on any atom is -0.366 e. The Labute approximate surface area is 181 Å². The Hall–Kier alpha value is -3.35. The fourth-order valence-corrected chi connectivity index (χ4v) is 4.02. The van der Waals surface area contributed by atoms with Gasteiger partial charge in [-0.2, -0.15) is 0 Å². The first-order valence-electron chi connectivity index (χ1n) is 10.6. The second kappa shape index (κ2) is 9.20. The number of anilines is 1. The Morgan fingerprint density at radius 3 is 2.55 bits per heavy atom. The van der Waals surface area contributed by atoms with Crippen molar-refractivity contribution in [3.8, 4) is 0 Å². The van der Waals surface area contributed by atoms with E-state index in [-0.39, 0.29) is 11.8 Å². The predicted octanol–water partition coefficient (Wildman–Crippen LogP) is 3.90. The highest BCUT2D eigenvalue weighted by Gasteiger charge is 2.23. The first kappa shape index (κ1) is 20.9. The molecule has 0 saturated carbocycles. The maximum atomic E-state index is 14.4. The molecule has 0 aliphatic carbocycles. The SMILES string of the molecule is CC(=O)c1ccc(N2CCN(C(=O)NCCCn3ccc4ccccc43)CC2)c(F)c1.